The molecule has 0 aliphatic heterocycles. The molecule has 2 rings (SSSR count). The molecular weight excluding hydrogens is 272 g/mol. The molecule has 0 aliphatic carbocycles. The van der Waals surface area contributed by atoms with Gasteiger partial charge in [-0.2, -0.15) is 0 Å². The number of ketones is 1. The molecule has 3 nitrogen and oxygen atoms in total. The van der Waals surface area contributed by atoms with Crippen LogP contribution in [0.5, 0.6) is 0 Å². The zero-order chi connectivity index (χ0) is 14.6. The van der Waals surface area contributed by atoms with E-state index in [-0.39, 0.29) is 23.7 Å². The van der Waals surface area contributed by atoms with E-state index in [0.717, 1.165) is 10.8 Å². The lowest BCUT2D eigenvalue weighted by atomic mass is 10.0. The fourth-order valence-corrected chi connectivity index (χ4v) is 2.98. The van der Waals surface area contributed by atoms with Crippen LogP contribution < -0.4 is 0 Å². The van der Waals surface area contributed by atoms with Crippen molar-refractivity contribution in [1.29, 1.82) is 0 Å². The molecule has 0 bridgehead atoms. The van der Waals surface area contributed by atoms with Crippen molar-refractivity contribution in [3.8, 4) is 0 Å². The van der Waals surface area contributed by atoms with Crippen LogP contribution in [0.2, 0.25) is 0 Å². The van der Waals surface area contributed by atoms with E-state index < -0.39 is 9.84 Å². The van der Waals surface area contributed by atoms with Crippen molar-refractivity contribution in [1.82, 2.24) is 0 Å². The van der Waals surface area contributed by atoms with Crippen LogP contribution in [0.4, 0.5) is 0 Å². The maximum atomic E-state index is 12.1. The summed E-state index contributed by atoms with van der Waals surface area (Å²) in [6.07, 6.45) is 0.666. The second-order valence-electron chi connectivity index (χ2n) is 4.83. The van der Waals surface area contributed by atoms with E-state index in [2.05, 4.69) is 0 Å². The van der Waals surface area contributed by atoms with Gasteiger partial charge in [-0.3, -0.25) is 4.79 Å². The summed E-state index contributed by atoms with van der Waals surface area (Å²) < 4.78 is 22.8. The second-order valence-corrected chi connectivity index (χ2v) is 7.30. The summed E-state index contributed by atoms with van der Waals surface area (Å²) in [6.45, 7) is 1.63. The minimum atomic E-state index is -2.98. The van der Waals surface area contributed by atoms with Gasteiger partial charge in [0.15, 0.2) is 5.78 Å². The first-order valence-corrected chi connectivity index (χ1v) is 8.56. The minimum absolute atomic E-state index is 0.00190. The van der Waals surface area contributed by atoms with Crippen molar-refractivity contribution in [3.63, 3.8) is 0 Å². The lowest BCUT2D eigenvalue weighted by molar-refractivity contribution is 0.0982. The Balaban J connectivity index is 2.04. The van der Waals surface area contributed by atoms with Gasteiger partial charge in [0.25, 0.3) is 0 Å². The summed E-state index contributed by atoms with van der Waals surface area (Å²) in [5.74, 6) is 0.224. The van der Waals surface area contributed by atoms with E-state index in [1.807, 2.05) is 36.4 Å². The van der Waals surface area contributed by atoms with Gasteiger partial charge in [-0.25, -0.2) is 8.42 Å². The van der Waals surface area contributed by atoms with E-state index in [9.17, 15) is 13.2 Å². The number of carbonyl (C=O) groups is 1. The third kappa shape index (κ3) is 3.67. The highest BCUT2D eigenvalue weighted by Crippen LogP contribution is 2.17. The monoisotopic (exact) mass is 290 g/mol. The lowest BCUT2D eigenvalue weighted by Crippen LogP contribution is -2.10. The van der Waals surface area contributed by atoms with Gasteiger partial charge in [-0.05, 0) is 23.3 Å². The number of sulfone groups is 1. The first-order valence-electron chi connectivity index (χ1n) is 6.74. The molecule has 0 aromatic heterocycles. The van der Waals surface area contributed by atoms with Crippen molar-refractivity contribution in [3.05, 3.63) is 48.0 Å². The molecular formula is C16H18O3S. The van der Waals surface area contributed by atoms with Gasteiger partial charge >= 0.3 is 0 Å². The Bertz CT molecular complexity index is 717. The van der Waals surface area contributed by atoms with Crippen molar-refractivity contribution < 1.29 is 13.2 Å². The summed E-state index contributed by atoms with van der Waals surface area (Å²) in [5.41, 5.74) is 0.651. The Morgan fingerprint density at radius 2 is 1.75 bits per heavy atom. The van der Waals surface area contributed by atoms with Crippen LogP contribution in [0.1, 0.15) is 30.1 Å². The minimum Gasteiger partial charge on any atom is -0.294 e. The molecule has 20 heavy (non-hydrogen) atoms. The molecule has 0 spiro atoms. The van der Waals surface area contributed by atoms with Gasteiger partial charge < -0.3 is 0 Å². The van der Waals surface area contributed by atoms with Crippen molar-refractivity contribution in [2.45, 2.75) is 19.8 Å². The molecule has 106 valence electrons. The third-order valence-corrected chi connectivity index (χ3v) is 5.16. The van der Waals surface area contributed by atoms with E-state index in [0.29, 0.717) is 12.0 Å². The van der Waals surface area contributed by atoms with Gasteiger partial charge in [-0.15, -0.1) is 0 Å². The first-order chi connectivity index (χ1) is 9.52. The topological polar surface area (TPSA) is 51.2 Å². The van der Waals surface area contributed by atoms with Gasteiger partial charge in [0.05, 0.1) is 5.75 Å². The number of hydrogen-bond acceptors (Lipinski definition) is 3. The van der Waals surface area contributed by atoms with Crippen LogP contribution in [-0.2, 0) is 9.84 Å². The molecule has 4 heteroatoms. The first kappa shape index (κ1) is 14.7. The maximum absolute atomic E-state index is 12.1. The Morgan fingerprint density at radius 3 is 2.45 bits per heavy atom. The summed E-state index contributed by atoms with van der Waals surface area (Å²) in [5, 5.41) is 2.12. The van der Waals surface area contributed by atoms with Crippen molar-refractivity contribution in [2.24, 2.45) is 0 Å². The Morgan fingerprint density at radius 1 is 1.05 bits per heavy atom. The number of hydrogen-bond donors (Lipinski definition) is 0. The van der Waals surface area contributed by atoms with Gasteiger partial charge in [-0.1, -0.05) is 43.3 Å². The normalized spacial score (nSPS) is 11.7. The highest BCUT2D eigenvalue weighted by molar-refractivity contribution is 7.91. The van der Waals surface area contributed by atoms with Gasteiger partial charge in [0.2, 0.25) is 0 Å². The number of fused-ring (bicyclic) bond motifs is 1. The predicted molar refractivity (Wildman–Crippen MR) is 81.8 cm³/mol. The van der Waals surface area contributed by atoms with Crippen LogP contribution in [0.3, 0.4) is 0 Å². The fourth-order valence-electron chi connectivity index (χ4n) is 2.10. The summed E-state index contributed by atoms with van der Waals surface area (Å²) in [7, 11) is -2.98. The average Bonchev–Trinajstić information content (AvgIpc) is 2.46. The molecule has 0 fully saturated rings. The predicted octanol–water partition coefficient (Wildman–Crippen LogP) is 3.24. The molecule has 2 aromatic rings. The molecule has 0 amide bonds. The largest absolute Gasteiger partial charge is 0.294 e. The molecule has 0 atom stereocenters. The molecule has 0 heterocycles. The van der Waals surface area contributed by atoms with Crippen LogP contribution in [-0.4, -0.2) is 25.7 Å². The number of carbonyl (C=O) groups excluding carboxylic acids is 1. The molecule has 0 saturated carbocycles. The molecule has 0 N–H and O–H groups in total. The lowest BCUT2D eigenvalue weighted by Gasteiger charge is -2.04. The van der Waals surface area contributed by atoms with Crippen molar-refractivity contribution >= 4 is 26.4 Å². The molecule has 2 aromatic carbocycles. The maximum Gasteiger partial charge on any atom is 0.162 e. The zero-order valence-electron chi connectivity index (χ0n) is 11.5. The number of rotatable bonds is 6. The van der Waals surface area contributed by atoms with E-state index in [1.165, 1.54) is 0 Å². The van der Waals surface area contributed by atoms with E-state index >= 15 is 0 Å². The van der Waals surface area contributed by atoms with Crippen LogP contribution in [0.15, 0.2) is 42.5 Å². The van der Waals surface area contributed by atoms with Crippen LogP contribution in [0.25, 0.3) is 10.8 Å². The average molecular weight is 290 g/mol. The number of benzene rings is 2. The smallest absolute Gasteiger partial charge is 0.162 e. The zero-order valence-corrected chi connectivity index (χ0v) is 12.3. The number of Topliss-reactive ketones (excluding diaryl/α,β-unsaturated/α-hetero) is 1. The van der Waals surface area contributed by atoms with E-state index in [1.54, 1.807) is 13.0 Å². The molecule has 0 aliphatic rings. The van der Waals surface area contributed by atoms with Crippen molar-refractivity contribution in [2.75, 3.05) is 11.5 Å². The van der Waals surface area contributed by atoms with E-state index in [4.69, 9.17) is 0 Å². The Hall–Kier alpha value is -1.68. The summed E-state index contributed by atoms with van der Waals surface area (Å²) >= 11 is 0. The summed E-state index contributed by atoms with van der Waals surface area (Å²) in [6, 6.07) is 13.4. The second kappa shape index (κ2) is 6.18. The fraction of sp³-hybridized carbons (Fsp3) is 0.312. The van der Waals surface area contributed by atoms with Crippen LogP contribution >= 0.6 is 0 Å². The molecule has 0 saturated heterocycles. The quantitative estimate of drug-likeness (QED) is 0.767. The van der Waals surface area contributed by atoms with Crippen LogP contribution in [0, 0.1) is 0 Å². The highest BCUT2D eigenvalue weighted by atomic mass is 32.2. The Labute approximate surface area is 119 Å². The molecule has 0 radical (unpaired) electrons. The standard InChI is InChI=1S/C16H18O3S/c1-2-20(18,19)11-5-8-16(17)15-10-9-13-6-3-4-7-14(13)12-15/h3-4,6-7,9-10,12H,2,5,8,11H2,1H3. The SMILES string of the molecule is CCS(=O)(=O)CCCC(=O)c1ccc2ccccc2c1. The Kier molecular flexibility index (Phi) is 4.55. The molecule has 0 unspecified atom stereocenters. The highest BCUT2D eigenvalue weighted by Gasteiger charge is 2.11. The van der Waals surface area contributed by atoms with Gasteiger partial charge in [0.1, 0.15) is 9.84 Å². The summed E-state index contributed by atoms with van der Waals surface area (Å²) in [4.78, 5) is 12.1. The van der Waals surface area contributed by atoms with Gasteiger partial charge in [0, 0.05) is 17.7 Å². The third-order valence-electron chi connectivity index (χ3n) is 3.37.